The van der Waals surface area contributed by atoms with Gasteiger partial charge in [0.1, 0.15) is 5.82 Å². The smallest absolute Gasteiger partial charge is 0.126 e. The average molecular weight is 294 g/mol. The number of unbranched alkanes of at least 4 members (excludes halogenated alkanes) is 2. The van der Waals surface area contributed by atoms with Crippen molar-refractivity contribution in [3.8, 4) is 0 Å². The molecule has 0 aliphatic heterocycles. The lowest BCUT2D eigenvalue weighted by atomic mass is 9.89. The lowest BCUT2D eigenvalue weighted by molar-refractivity contribution is 0.0729. The third-order valence-corrected chi connectivity index (χ3v) is 4.29. The highest BCUT2D eigenvalue weighted by Crippen LogP contribution is 2.24. The van der Waals surface area contributed by atoms with Crippen molar-refractivity contribution in [2.45, 2.75) is 65.0 Å². The zero-order valence-corrected chi connectivity index (χ0v) is 14.0. The van der Waals surface area contributed by atoms with Crippen LogP contribution in [0.15, 0.2) is 24.3 Å². The molecule has 0 heterocycles. The van der Waals surface area contributed by atoms with Gasteiger partial charge in [0.25, 0.3) is 0 Å². The number of rotatable bonds is 9. The molecule has 0 fully saturated rings. The average Bonchev–Trinajstić information content (AvgIpc) is 2.45. The predicted octanol–water partition coefficient (Wildman–Crippen LogP) is 3.99. The van der Waals surface area contributed by atoms with Gasteiger partial charge < -0.3 is 5.73 Å². The Morgan fingerprint density at radius 3 is 2.43 bits per heavy atom. The number of hydrogen-bond donors (Lipinski definition) is 1. The molecule has 3 heteroatoms. The molecule has 21 heavy (non-hydrogen) atoms. The van der Waals surface area contributed by atoms with Gasteiger partial charge in [-0.3, -0.25) is 4.90 Å². The summed E-state index contributed by atoms with van der Waals surface area (Å²) < 4.78 is 14.0. The number of benzene rings is 1. The van der Waals surface area contributed by atoms with Gasteiger partial charge in [0.15, 0.2) is 0 Å². The van der Waals surface area contributed by atoms with E-state index in [0.29, 0.717) is 19.0 Å². The van der Waals surface area contributed by atoms with Crippen LogP contribution in [0.4, 0.5) is 4.39 Å². The summed E-state index contributed by atoms with van der Waals surface area (Å²) in [7, 11) is 0. The molecule has 0 aromatic heterocycles. The fraction of sp³-hybridized carbons (Fsp3) is 0.667. The standard InChI is InChI=1S/C18H31FN2/c1-5-6-9-12-21(15(2)3)18(4,14-20)13-16-10-7-8-11-17(16)19/h7-8,10-11,15H,5-6,9,12-14,20H2,1-4H3. The maximum absolute atomic E-state index is 14.0. The van der Waals surface area contributed by atoms with E-state index in [-0.39, 0.29) is 11.4 Å². The largest absolute Gasteiger partial charge is 0.329 e. The molecule has 0 amide bonds. The Morgan fingerprint density at radius 2 is 1.90 bits per heavy atom. The minimum atomic E-state index is -0.204. The summed E-state index contributed by atoms with van der Waals surface area (Å²) in [4.78, 5) is 2.44. The zero-order valence-electron chi connectivity index (χ0n) is 14.0. The summed E-state index contributed by atoms with van der Waals surface area (Å²) in [6.45, 7) is 10.3. The SMILES string of the molecule is CCCCCN(C(C)C)C(C)(CN)Cc1ccccc1F. The Kier molecular flexibility index (Phi) is 7.33. The molecule has 1 atom stereocenters. The van der Waals surface area contributed by atoms with Crippen LogP contribution in [0, 0.1) is 5.82 Å². The van der Waals surface area contributed by atoms with Crippen molar-refractivity contribution in [2.75, 3.05) is 13.1 Å². The molecule has 0 bridgehead atoms. The molecule has 0 saturated carbocycles. The monoisotopic (exact) mass is 294 g/mol. The van der Waals surface area contributed by atoms with Crippen LogP contribution in [-0.4, -0.2) is 29.6 Å². The summed E-state index contributed by atoms with van der Waals surface area (Å²) in [5.74, 6) is -0.130. The Hall–Kier alpha value is -0.930. The normalized spacial score (nSPS) is 14.7. The molecule has 1 rings (SSSR count). The number of halogens is 1. The molecule has 120 valence electrons. The van der Waals surface area contributed by atoms with Crippen LogP contribution in [0.3, 0.4) is 0 Å². The van der Waals surface area contributed by atoms with Crippen molar-refractivity contribution in [1.82, 2.24) is 4.90 Å². The van der Waals surface area contributed by atoms with E-state index in [4.69, 9.17) is 5.73 Å². The molecular weight excluding hydrogens is 263 g/mol. The third-order valence-electron chi connectivity index (χ3n) is 4.29. The van der Waals surface area contributed by atoms with Gasteiger partial charge in [-0.1, -0.05) is 38.0 Å². The van der Waals surface area contributed by atoms with Gasteiger partial charge in [0.2, 0.25) is 0 Å². The van der Waals surface area contributed by atoms with Gasteiger partial charge in [-0.15, -0.1) is 0 Å². The summed E-state index contributed by atoms with van der Waals surface area (Å²) in [6, 6.07) is 7.44. The van der Waals surface area contributed by atoms with E-state index in [1.54, 1.807) is 6.07 Å². The number of nitrogens with zero attached hydrogens (tertiary/aromatic N) is 1. The van der Waals surface area contributed by atoms with Gasteiger partial charge >= 0.3 is 0 Å². The molecule has 0 aliphatic rings. The van der Waals surface area contributed by atoms with Gasteiger partial charge in [-0.25, -0.2) is 4.39 Å². The highest BCUT2D eigenvalue weighted by Gasteiger charge is 2.32. The molecule has 0 aliphatic carbocycles. The molecule has 1 unspecified atom stereocenters. The van der Waals surface area contributed by atoms with Crippen LogP contribution in [0.25, 0.3) is 0 Å². The molecule has 0 saturated heterocycles. The lowest BCUT2D eigenvalue weighted by Gasteiger charge is -2.44. The molecule has 0 spiro atoms. The molecule has 2 N–H and O–H groups in total. The summed E-state index contributed by atoms with van der Waals surface area (Å²) >= 11 is 0. The number of nitrogens with two attached hydrogens (primary N) is 1. The van der Waals surface area contributed by atoms with Crippen molar-refractivity contribution in [1.29, 1.82) is 0 Å². The Morgan fingerprint density at radius 1 is 1.24 bits per heavy atom. The van der Waals surface area contributed by atoms with Gasteiger partial charge in [-0.05, 0) is 51.8 Å². The summed E-state index contributed by atoms with van der Waals surface area (Å²) in [5, 5.41) is 0. The van der Waals surface area contributed by atoms with Crippen molar-refractivity contribution >= 4 is 0 Å². The second-order valence-corrected chi connectivity index (χ2v) is 6.46. The van der Waals surface area contributed by atoms with Crippen molar-refractivity contribution in [3.63, 3.8) is 0 Å². The van der Waals surface area contributed by atoms with Crippen molar-refractivity contribution in [3.05, 3.63) is 35.6 Å². The Balaban J connectivity index is 2.90. The highest BCUT2D eigenvalue weighted by molar-refractivity contribution is 5.20. The van der Waals surface area contributed by atoms with E-state index >= 15 is 0 Å². The summed E-state index contributed by atoms with van der Waals surface area (Å²) in [6.07, 6.45) is 4.25. The highest BCUT2D eigenvalue weighted by atomic mass is 19.1. The van der Waals surface area contributed by atoms with E-state index in [2.05, 4.69) is 32.6 Å². The lowest BCUT2D eigenvalue weighted by Crippen LogP contribution is -2.56. The fourth-order valence-electron chi connectivity index (χ4n) is 3.03. The van der Waals surface area contributed by atoms with Crippen LogP contribution in [-0.2, 0) is 6.42 Å². The summed E-state index contributed by atoms with van der Waals surface area (Å²) in [5.41, 5.74) is 6.64. The maximum Gasteiger partial charge on any atom is 0.126 e. The molecule has 1 aromatic rings. The van der Waals surface area contributed by atoms with Crippen molar-refractivity contribution in [2.24, 2.45) is 5.73 Å². The van der Waals surface area contributed by atoms with Crippen LogP contribution in [0.5, 0.6) is 0 Å². The molecule has 1 aromatic carbocycles. The second-order valence-electron chi connectivity index (χ2n) is 6.46. The Bertz CT molecular complexity index is 419. The maximum atomic E-state index is 14.0. The van der Waals surface area contributed by atoms with Crippen LogP contribution >= 0.6 is 0 Å². The van der Waals surface area contributed by atoms with E-state index in [0.717, 1.165) is 12.1 Å². The minimum absolute atomic E-state index is 0.130. The van der Waals surface area contributed by atoms with E-state index < -0.39 is 0 Å². The first-order valence-electron chi connectivity index (χ1n) is 8.15. The fourth-order valence-corrected chi connectivity index (χ4v) is 3.03. The van der Waals surface area contributed by atoms with E-state index in [1.165, 1.54) is 25.3 Å². The van der Waals surface area contributed by atoms with Crippen LogP contribution in [0.2, 0.25) is 0 Å². The van der Waals surface area contributed by atoms with Crippen LogP contribution < -0.4 is 5.73 Å². The van der Waals surface area contributed by atoms with Gasteiger partial charge in [-0.2, -0.15) is 0 Å². The predicted molar refractivity (Wildman–Crippen MR) is 88.9 cm³/mol. The molecular formula is C18H31FN2. The van der Waals surface area contributed by atoms with E-state index in [1.807, 2.05) is 12.1 Å². The molecule has 0 radical (unpaired) electrons. The first-order valence-corrected chi connectivity index (χ1v) is 8.15. The van der Waals surface area contributed by atoms with E-state index in [9.17, 15) is 4.39 Å². The van der Waals surface area contributed by atoms with Gasteiger partial charge in [0, 0.05) is 18.1 Å². The second kappa shape index (κ2) is 8.50. The first-order chi connectivity index (χ1) is 9.94. The zero-order chi connectivity index (χ0) is 15.9. The third kappa shape index (κ3) is 5.08. The topological polar surface area (TPSA) is 29.3 Å². The van der Waals surface area contributed by atoms with Crippen LogP contribution in [0.1, 0.15) is 52.5 Å². The van der Waals surface area contributed by atoms with Crippen molar-refractivity contribution < 1.29 is 4.39 Å². The Labute approximate surface area is 129 Å². The van der Waals surface area contributed by atoms with Gasteiger partial charge in [0.05, 0.1) is 0 Å². The number of hydrogen-bond acceptors (Lipinski definition) is 2. The minimum Gasteiger partial charge on any atom is -0.329 e. The first kappa shape index (κ1) is 18.1. The molecule has 2 nitrogen and oxygen atoms in total. The quantitative estimate of drug-likeness (QED) is 0.698.